The van der Waals surface area contributed by atoms with Crippen molar-refractivity contribution in [3.63, 3.8) is 0 Å². The van der Waals surface area contributed by atoms with Gasteiger partial charge in [-0.1, -0.05) is 30.9 Å². The first-order valence-corrected chi connectivity index (χ1v) is 7.84. The topological polar surface area (TPSA) is 72.6 Å². The standard InChI is InChI=1S/C16H21ClN2O3/c1-19(12-5-3-2-4-6-12)15(20)10-22-14-8-7-11(17)9-13(14)16(18)21/h7-9,12H,2-6,10H2,1H3,(H2,18,21). The van der Waals surface area contributed by atoms with Crippen molar-refractivity contribution in [2.24, 2.45) is 5.73 Å². The van der Waals surface area contributed by atoms with Crippen molar-refractivity contribution in [3.8, 4) is 5.75 Å². The average Bonchev–Trinajstić information content (AvgIpc) is 2.53. The highest BCUT2D eigenvalue weighted by molar-refractivity contribution is 6.31. The van der Waals surface area contributed by atoms with Crippen LogP contribution in [0.5, 0.6) is 5.75 Å². The van der Waals surface area contributed by atoms with Gasteiger partial charge < -0.3 is 15.4 Å². The van der Waals surface area contributed by atoms with Crippen LogP contribution in [0.2, 0.25) is 5.02 Å². The molecule has 1 fully saturated rings. The second-order valence-electron chi connectivity index (χ2n) is 5.59. The van der Waals surface area contributed by atoms with Gasteiger partial charge in [-0.15, -0.1) is 0 Å². The second kappa shape index (κ2) is 7.49. The van der Waals surface area contributed by atoms with Crippen LogP contribution in [0.25, 0.3) is 0 Å². The van der Waals surface area contributed by atoms with Crippen LogP contribution >= 0.6 is 11.6 Å². The largest absolute Gasteiger partial charge is 0.483 e. The van der Waals surface area contributed by atoms with Gasteiger partial charge in [0.2, 0.25) is 0 Å². The molecule has 2 N–H and O–H groups in total. The summed E-state index contributed by atoms with van der Waals surface area (Å²) in [4.78, 5) is 25.4. The van der Waals surface area contributed by atoms with Crippen molar-refractivity contribution in [1.29, 1.82) is 0 Å². The third-order valence-electron chi connectivity index (χ3n) is 4.07. The van der Waals surface area contributed by atoms with Crippen LogP contribution in [0.3, 0.4) is 0 Å². The number of nitrogens with two attached hydrogens (primary N) is 1. The van der Waals surface area contributed by atoms with Crippen LogP contribution in [0, 0.1) is 0 Å². The minimum atomic E-state index is -0.634. The minimum Gasteiger partial charge on any atom is -0.483 e. The van der Waals surface area contributed by atoms with Crippen LogP contribution < -0.4 is 10.5 Å². The Bertz CT molecular complexity index is 556. The van der Waals surface area contributed by atoms with E-state index in [1.807, 2.05) is 0 Å². The van der Waals surface area contributed by atoms with E-state index in [0.29, 0.717) is 5.02 Å². The number of primary amides is 1. The first kappa shape index (κ1) is 16.6. The van der Waals surface area contributed by atoms with E-state index >= 15 is 0 Å². The molecule has 2 rings (SSSR count). The van der Waals surface area contributed by atoms with E-state index in [-0.39, 0.29) is 29.9 Å². The third-order valence-corrected chi connectivity index (χ3v) is 4.31. The summed E-state index contributed by atoms with van der Waals surface area (Å²) in [6, 6.07) is 4.87. The third kappa shape index (κ3) is 4.13. The fourth-order valence-corrected chi connectivity index (χ4v) is 2.91. The van der Waals surface area contributed by atoms with Crippen molar-refractivity contribution in [2.45, 2.75) is 38.1 Å². The molecule has 1 aromatic rings. The van der Waals surface area contributed by atoms with Crippen LogP contribution in [0.4, 0.5) is 0 Å². The van der Waals surface area contributed by atoms with Gasteiger partial charge in [-0.2, -0.15) is 0 Å². The number of hydrogen-bond donors (Lipinski definition) is 1. The summed E-state index contributed by atoms with van der Waals surface area (Å²) in [6.07, 6.45) is 5.63. The number of halogens is 1. The molecule has 0 atom stereocenters. The Morgan fingerprint density at radius 1 is 1.32 bits per heavy atom. The number of rotatable bonds is 5. The quantitative estimate of drug-likeness (QED) is 0.904. The molecule has 120 valence electrons. The summed E-state index contributed by atoms with van der Waals surface area (Å²) >= 11 is 5.84. The van der Waals surface area contributed by atoms with Gasteiger partial charge in [0.15, 0.2) is 6.61 Å². The van der Waals surface area contributed by atoms with Crippen molar-refractivity contribution < 1.29 is 14.3 Å². The van der Waals surface area contributed by atoms with E-state index in [1.165, 1.54) is 12.5 Å². The van der Waals surface area contributed by atoms with Crippen molar-refractivity contribution in [2.75, 3.05) is 13.7 Å². The van der Waals surface area contributed by atoms with E-state index in [4.69, 9.17) is 22.1 Å². The molecular weight excluding hydrogens is 304 g/mol. The van der Waals surface area contributed by atoms with E-state index in [1.54, 1.807) is 24.1 Å². The number of likely N-dealkylation sites (N-methyl/N-ethyl adjacent to an activating group) is 1. The Morgan fingerprint density at radius 2 is 2.00 bits per heavy atom. The van der Waals surface area contributed by atoms with Crippen LogP contribution in [0.15, 0.2) is 18.2 Å². The summed E-state index contributed by atoms with van der Waals surface area (Å²) in [5.74, 6) is -0.454. The highest BCUT2D eigenvalue weighted by atomic mass is 35.5. The molecule has 0 radical (unpaired) electrons. The molecule has 0 unspecified atom stereocenters. The van der Waals surface area contributed by atoms with E-state index < -0.39 is 5.91 Å². The number of ether oxygens (including phenoxy) is 1. The zero-order chi connectivity index (χ0) is 16.1. The zero-order valence-electron chi connectivity index (χ0n) is 12.7. The number of amides is 2. The molecule has 0 heterocycles. The monoisotopic (exact) mass is 324 g/mol. The molecule has 0 bridgehead atoms. The maximum Gasteiger partial charge on any atom is 0.260 e. The van der Waals surface area contributed by atoms with Crippen LogP contribution in [-0.4, -0.2) is 36.4 Å². The summed E-state index contributed by atoms with van der Waals surface area (Å²) in [5.41, 5.74) is 5.47. The molecule has 0 aliphatic heterocycles. The lowest BCUT2D eigenvalue weighted by Crippen LogP contribution is -2.40. The average molecular weight is 325 g/mol. The SMILES string of the molecule is CN(C(=O)COc1ccc(Cl)cc1C(N)=O)C1CCCCC1. The molecule has 1 aliphatic rings. The minimum absolute atomic E-state index is 0.0997. The normalized spacial score (nSPS) is 15.4. The first-order chi connectivity index (χ1) is 10.5. The summed E-state index contributed by atoms with van der Waals surface area (Å²) in [7, 11) is 1.80. The van der Waals surface area contributed by atoms with Crippen LogP contribution in [-0.2, 0) is 4.79 Å². The number of nitrogens with zero attached hydrogens (tertiary/aromatic N) is 1. The van der Waals surface area contributed by atoms with Gasteiger partial charge in [-0.25, -0.2) is 0 Å². The molecule has 0 spiro atoms. The maximum atomic E-state index is 12.2. The number of carbonyl (C=O) groups is 2. The van der Waals surface area contributed by atoms with Gasteiger partial charge in [0.25, 0.3) is 11.8 Å². The molecule has 2 amide bonds. The Kier molecular flexibility index (Phi) is 5.66. The van der Waals surface area contributed by atoms with E-state index in [2.05, 4.69) is 0 Å². The van der Waals surface area contributed by atoms with Crippen molar-refractivity contribution >= 4 is 23.4 Å². The summed E-state index contributed by atoms with van der Waals surface area (Å²) in [5, 5.41) is 0.395. The van der Waals surface area contributed by atoms with E-state index in [9.17, 15) is 9.59 Å². The van der Waals surface area contributed by atoms with Gasteiger partial charge in [-0.3, -0.25) is 9.59 Å². The highest BCUT2D eigenvalue weighted by Gasteiger charge is 2.22. The molecule has 0 aromatic heterocycles. The molecule has 5 nitrogen and oxygen atoms in total. The highest BCUT2D eigenvalue weighted by Crippen LogP contribution is 2.24. The molecule has 0 saturated heterocycles. The Balaban J connectivity index is 1.97. The molecule has 1 aliphatic carbocycles. The van der Waals surface area contributed by atoms with Gasteiger partial charge in [0.05, 0.1) is 5.56 Å². The van der Waals surface area contributed by atoms with Gasteiger partial charge >= 0.3 is 0 Å². The van der Waals surface area contributed by atoms with Crippen LogP contribution in [0.1, 0.15) is 42.5 Å². The first-order valence-electron chi connectivity index (χ1n) is 7.47. The molecule has 1 saturated carbocycles. The molecular formula is C16H21ClN2O3. The smallest absolute Gasteiger partial charge is 0.260 e. The predicted molar refractivity (Wildman–Crippen MR) is 85.1 cm³/mol. The molecule has 22 heavy (non-hydrogen) atoms. The lowest BCUT2D eigenvalue weighted by atomic mass is 9.94. The number of benzene rings is 1. The lowest BCUT2D eigenvalue weighted by molar-refractivity contribution is -0.134. The number of hydrogen-bond acceptors (Lipinski definition) is 3. The van der Waals surface area contributed by atoms with Gasteiger partial charge in [-0.05, 0) is 31.0 Å². The fourth-order valence-electron chi connectivity index (χ4n) is 2.73. The Labute approximate surface area is 135 Å². The summed E-state index contributed by atoms with van der Waals surface area (Å²) in [6.45, 7) is -0.116. The zero-order valence-corrected chi connectivity index (χ0v) is 13.4. The fraction of sp³-hybridized carbons (Fsp3) is 0.500. The summed E-state index contributed by atoms with van der Waals surface area (Å²) < 4.78 is 5.48. The van der Waals surface area contributed by atoms with Crippen molar-refractivity contribution in [1.82, 2.24) is 4.90 Å². The second-order valence-corrected chi connectivity index (χ2v) is 6.03. The van der Waals surface area contributed by atoms with Crippen molar-refractivity contribution in [3.05, 3.63) is 28.8 Å². The Morgan fingerprint density at radius 3 is 2.64 bits per heavy atom. The van der Waals surface area contributed by atoms with Gasteiger partial charge in [0.1, 0.15) is 5.75 Å². The lowest BCUT2D eigenvalue weighted by Gasteiger charge is -2.31. The maximum absolute atomic E-state index is 12.2. The Hall–Kier alpha value is -1.75. The predicted octanol–water partition coefficient (Wildman–Crippen LogP) is 2.61. The molecule has 1 aromatic carbocycles. The van der Waals surface area contributed by atoms with Gasteiger partial charge in [0, 0.05) is 18.1 Å². The van der Waals surface area contributed by atoms with E-state index in [0.717, 1.165) is 25.7 Å². The number of carbonyl (C=O) groups excluding carboxylic acids is 2. The molecule has 6 heteroatoms.